The van der Waals surface area contributed by atoms with Crippen molar-refractivity contribution in [1.29, 1.82) is 0 Å². The Morgan fingerprint density at radius 2 is 1.76 bits per heavy atom. The zero-order valence-corrected chi connectivity index (χ0v) is 22.7. The predicted molar refractivity (Wildman–Crippen MR) is 162 cm³/mol. The first kappa shape index (κ1) is 26.1. The number of nitrogens with one attached hydrogen (secondary N) is 2. The number of carbonyl (C=O) groups is 1. The molecule has 0 radical (unpaired) electrons. The van der Waals surface area contributed by atoms with Crippen LogP contribution in [-0.4, -0.2) is 36.9 Å². The molecule has 3 aromatic carbocycles. The third-order valence-corrected chi connectivity index (χ3v) is 7.62. The summed E-state index contributed by atoms with van der Waals surface area (Å²) < 4.78 is 1.99. The van der Waals surface area contributed by atoms with Crippen LogP contribution in [0.1, 0.15) is 29.9 Å². The molecule has 10 heteroatoms. The SMILES string of the molecule is O=C(CCN1C(=S)NC(c2ccccn2)C1c1cccn1-c1ccc([N+](=O)[O-])cc1)Nc1cccc2ccccc12. The van der Waals surface area contributed by atoms with Crippen LogP contribution >= 0.6 is 12.2 Å². The molecule has 204 valence electrons. The van der Waals surface area contributed by atoms with Gasteiger partial charge in [-0.1, -0.05) is 42.5 Å². The third-order valence-electron chi connectivity index (χ3n) is 7.26. The number of hydrogen-bond donors (Lipinski definition) is 2. The van der Waals surface area contributed by atoms with Gasteiger partial charge in [0.15, 0.2) is 5.11 Å². The number of hydrogen-bond acceptors (Lipinski definition) is 5. The van der Waals surface area contributed by atoms with Crippen molar-refractivity contribution in [3.8, 4) is 5.69 Å². The van der Waals surface area contributed by atoms with Gasteiger partial charge in [0.25, 0.3) is 5.69 Å². The summed E-state index contributed by atoms with van der Waals surface area (Å²) in [6.07, 6.45) is 3.88. The van der Waals surface area contributed by atoms with Crippen molar-refractivity contribution in [2.45, 2.75) is 18.5 Å². The minimum absolute atomic E-state index is 0.0244. The largest absolute Gasteiger partial charge is 0.352 e. The monoisotopic (exact) mass is 562 g/mol. The number of pyridine rings is 1. The molecule has 2 N–H and O–H groups in total. The van der Waals surface area contributed by atoms with E-state index in [9.17, 15) is 14.9 Å². The average molecular weight is 563 g/mol. The van der Waals surface area contributed by atoms with E-state index in [2.05, 4.69) is 15.6 Å². The lowest BCUT2D eigenvalue weighted by Gasteiger charge is -2.29. The number of nitro groups is 1. The Morgan fingerprint density at radius 3 is 2.54 bits per heavy atom. The van der Waals surface area contributed by atoms with Gasteiger partial charge in [0, 0.05) is 59.9 Å². The van der Waals surface area contributed by atoms with Crippen molar-refractivity contribution in [3.05, 3.63) is 131 Å². The fourth-order valence-corrected chi connectivity index (χ4v) is 5.67. The van der Waals surface area contributed by atoms with Crippen LogP contribution in [0.15, 0.2) is 109 Å². The van der Waals surface area contributed by atoms with Crippen LogP contribution in [0.3, 0.4) is 0 Å². The average Bonchev–Trinajstić information content (AvgIpc) is 3.61. The smallest absolute Gasteiger partial charge is 0.269 e. The Labute approximate surface area is 241 Å². The molecule has 0 aliphatic carbocycles. The molecular weight excluding hydrogens is 536 g/mol. The van der Waals surface area contributed by atoms with Gasteiger partial charge in [-0.25, -0.2) is 0 Å². The van der Waals surface area contributed by atoms with E-state index in [1.807, 2.05) is 88.5 Å². The van der Waals surface area contributed by atoms with E-state index in [-0.39, 0.29) is 30.1 Å². The summed E-state index contributed by atoms with van der Waals surface area (Å²) in [5, 5.41) is 20.2. The first-order valence-electron chi connectivity index (χ1n) is 13.2. The number of carbonyl (C=O) groups excluding carboxylic acids is 1. The van der Waals surface area contributed by atoms with Crippen LogP contribution in [0.25, 0.3) is 16.5 Å². The highest BCUT2D eigenvalue weighted by atomic mass is 32.1. The van der Waals surface area contributed by atoms with Gasteiger partial charge in [0.05, 0.1) is 22.7 Å². The second-order valence-corrected chi connectivity index (χ2v) is 10.1. The van der Waals surface area contributed by atoms with Crippen molar-refractivity contribution < 1.29 is 9.72 Å². The summed E-state index contributed by atoms with van der Waals surface area (Å²) in [5.41, 5.74) is 3.30. The molecule has 3 heterocycles. The van der Waals surface area contributed by atoms with Gasteiger partial charge < -0.3 is 20.1 Å². The van der Waals surface area contributed by atoms with Crippen molar-refractivity contribution in [2.75, 3.05) is 11.9 Å². The van der Waals surface area contributed by atoms with E-state index in [4.69, 9.17) is 12.2 Å². The first-order valence-corrected chi connectivity index (χ1v) is 13.6. The summed E-state index contributed by atoms with van der Waals surface area (Å²) in [6.45, 7) is 0.377. The Hall–Kier alpha value is -5.09. The molecule has 2 atom stereocenters. The summed E-state index contributed by atoms with van der Waals surface area (Å²) in [6, 6.07) is 29.3. The molecule has 5 aromatic rings. The fourth-order valence-electron chi connectivity index (χ4n) is 5.34. The normalized spacial score (nSPS) is 16.5. The molecule has 41 heavy (non-hydrogen) atoms. The van der Waals surface area contributed by atoms with Gasteiger partial charge in [-0.05, 0) is 60.1 Å². The number of nitro benzene ring substituents is 1. The lowest BCUT2D eigenvalue weighted by molar-refractivity contribution is -0.384. The van der Waals surface area contributed by atoms with Crippen molar-refractivity contribution in [3.63, 3.8) is 0 Å². The maximum absolute atomic E-state index is 13.2. The molecule has 1 fully saturated rings. The molecule has 2 aromatic heterocycles. The fraction of sp³-hybridized carbons (Fsp3) is 0.129. The van der Waals surface area contributed by atoms with Crippen molar-refractivity contribution in [2.24, 2.45) is 0 Å². The Balaban J connectivity index is 1.29. The van der Waals surface area contributed by atoms with E-state index in [0.29, 0.717) is 11.7 Å². The van der Waals surface area contributed by atoms with E-state index in [1.54, 1.807) is 18.3 Å². The topological polar surface area (TPSA) is 105 Å². The first-order chi connectivity index (χ1) is 20.0. The number of nitrogens with zero attached hydrogens (tertiary/aromatic N) is 4. The molecule has 9 nitrogen and oxygen atoms in total. The van der Waals surface area contributed by atoms with Gasteiger partial charge in [-0.15, -0.1) is 0 Å². The van der Waals surface area contributed by atoms with Gasteiger partial charge >= 0.3 is 0 Å². The molecule has 1 aliphatic heterocycles. The summed E-state index contributed by atoms with van der Waals surface area (Å²) >= 11 is 5.79. The zero-order chi connectivity index (χ0) is 28.3. The zero-order valence-electron chi connectivity index (χ0n) is 21.9. The Bertz CT molecular complexity index is 1730. The lowest BCUT2D eigenvalue weighted by atomic mass is 10.0. The third kappa shape index (κ3) is 5.24. The highest BCUT2D eigenvalue weighted by Gasteiger charge is 2.41. The molecule has 6 rings (SSSR count). The van der Waals surface area contributed by atoms with Gasteiger partial charge in [-0.2, -0.15) is 0 Å². The minimum atomic E-state index is -0.415. The summed E-state index contributed by atoms with van der Waals surface area (Å²) in [5.74, 6) is -0.116. The standard InChI is InChI=1S/C31H26N6O3S/c38-28(33-25-11-5-8-21-7-1-2-9-24(21)25)17-20-36-30(29(34-31(36)41)26-10-3-4-18-32-26)27-12-6-19-35(27)22-13-15-23(16-14-22)37(39)40/h1-16,18-19,29-30H,17,20H2,(H,33,38)(H,34,41). The Kier molecular flexibility index (Phi) is 7.13. The number of anilines is 1. The van der Waals surface area contributed by atoms with Gasteiger partial charge in [-0.3, -0.25) is 19.9 Å². The van der Waals surface area contributed by atoms with E-state index >= 15 is 0 Å². The molecule has 1 saturated heterocycles. The number of rotatable bonds is 8. The van der Waals surface area contributed by atoms with Crippen molar-refractivity contribution >= 4 is 45.4 Å². The second kappa shape index (κ2) is 11.2. The number of non-ortho nitro benzene ring substituents is 1. The van der Waals surface area contributed by atoms with Crippen LogP contribution in [0, 0.1) is 10.1 Å². The van der Waals surface area contributed by atoms with Crippen LogP contribution in [0.5, 0.6) is 0 Å². The van der Waals surface area contributed by atoms with Crippen LogP contribution in [0.2, 0.25) is 0 Å². The van der Waals surface area contributed by atoms with E-state index in [1.165, 1.54) is 12.1 Å². The Morgan fingerprint density at radius 1 is 0.976 bits per heavy atom. The number of aromatic nitrogens is 2. The van der Waals surface area contributed by atoms with E-state index < -0.39 is 4.92 Å². The van der Waals surface area contributed by atoms with Gasteiger partial charge in [0.1, 0.15) is 0 Å². The predicted octanol–water partition coefficient (Wildman–Crippen LogP) is 5.94. The van der Waals surface area contributed by atoms with E-state index in [0.717, 1.165) is 33.5 Å². The number of amides is 1. The highest BCUT2D eigenvalue weighted by molar-refractivity contribution is 7.80. The summed E-state index contributed by atoms with van der Waals surface area (Å²) in [4.78, 5) is 30.6. The molecule has 0 bridgehead atoms. The van der Waals surface area contributed by atoms with Crippen molar-refractivity contribution in [1.82, 2.24) is 19.8 Å². The van der Waals surface area contributed by atoms with Crippen LogP contribution in [-0.2, 0) is 4.79 Å². The lowest BCUT2D eigenvalue weighted by Crippen LogP contribution is -2.33. The minimum Gasteiger partial charge on any atom is -0.352 e. The maximum atomic E-state index is 13.2. The molecule has 1 amide bonds. The van der Waals surface area contributed by atoms with Crippen LogP contribution < -0.4 is 10.6 Å². The summed E-state index contributed by atoms with van der Waals surface area (Å²) in [7, 11) is 0. The van der Waals surface area contributed by atoms with Gasteiger partial charge in [0.2, 0.25) is 5.91 Å². The molecule has 0 spiro atoms. The quantitative estimate of drug-likeness (QED) is 0.137. The van der Waals surface area contributed by atoms with Crippen LogP contribution in [0.4, 0.5) is 11.4 Å². The number of fused-ring (bicyclic) bond motifs is 1. The highest BCUT2D eigenvalue weighted by Crippen LogP contribution is 2.39. The molecular formula is C31H26N6O3S. The number of benzene rings is 3. The number of thiocarbonyl (C=S) groups is 1. The molecule has 2 unspecified atom stereocenters. The molecule has 1 aliphatic rings. The molecule has 0 saturated carbocycles. The maximum Gasteiger partial charge on any atom is 0.269 e. The second-order valence-electron chi connectivity index (χ2n) is 9.72.